The van der Waals surface area contributed by atoms with Crippen LogP contribution in [0.2, 0.25) is 5.02 Å². The number of hydrogen-bond donors (Lipinski definition) is 1. The van der Waals surface area contributed by atoms with Gasteiger partial charge in [0.15, 0.2) is 0 Å². The molecular weight excluding hydrogens is 222 g/mol. The Morgan fingerprint density at radius 2 is 2.12 bits per heavy atom. The summed E-state index contributed by atoms with van der Waals surface area (Å²) in [5, 5.41) is 4.32. The van der Waals surface area contributed by atoms with Gasteiger partial charge in [-0.15, -0.1) is 0 Å². The van der Waals surface area contributed by atoms with Crippen molar-refractivity contribution in [2.75, 3.05) is 19.8 Å². The molecule has 0 saturated carbocycles. The Kier molecular flexibility index (Phi) is 4.64. The van der Waals surface area contributed by atoms with Gasteiger partial charge >= 0.3 is 0 Å². The number of benzene rings is 1. The highest BCUT2D eigenvalue weighted by Gasteiger charge is 2.13. The molecule has 0 bridgehead atoms. The summed E-state index contributed by atoms with van der Waals surface area (Å²) in [6, 6.07) is 8.68. The standard InChI is InChI=1S/C13H18ClNO/c14-12-5-3-11(4-6-12)2-1-8-15-13-7-9-16-10-13/h3-6,13,15H,1-2,7-10H2. The van der Waals surface area contributed by atoms with Crippen LogP contribution in [0.15, 0.2) is 24.3 Å². The lowest BCUT2D eigenvalue weighted by Crippen LogP contribution is -2.30. The summed E-state index contributed by atoms with van der Waals surface area (Å²) in [5.41, 5.74) is 1.36. The molecule has 2 rings (SSSR count). The molecule has 0 aromatic heterocycles. The lowest BCUT2D eigenvalue weighted by molar-refractivity contribution is 0.190. The first-order valence-electron chi connectivity index (χ1n) is 5.90. The van der Waals surface area contributed by atoms with Gasteiger partial charge in [0.2, 0.25) is 0 Å². The fourth-order valence-electron chi connectivity index (χ4n) is 1.95. The molecule has 2 nitrogen and oxygen atoms in total. The van der Waals surface area contributed by atoms with E-state index in [-0.39, 0.29) is 0 Å². The molecule has 1 heterocycles. The number of halogens is 1. The summed E-state index contributed by atoms with van der Waals surface area (Å²) in [4.78, 5) is 0. The number of ether oxygens (including phenoxy) is 1. The SMILES string of the molecule is Clc1ccc(CCCNC2CCOC2)cc1. The van der Waals surface area contributed by atoms with Gasteiger partial charge in [0.05, 0.1) is 6.61 Å². The van der Waals surface area contributed by atoms with Crippen LogP contribution < -0.4 is 5.32 Å². The van der Waals surface area contributed by atoms with E-state index in [0.29, 0.717) is 6.04 Å². The van der Waals surface area contributed by atoms with Crippen molar-refractivity contribution >= 4 is 11.6 Å². The van der Waals surface area contributed by atoms with Gasteiger partial charge in [-0.3, -0.25) is 0 Å². The van der Waals surface area contributed by atoms with Crippen molar-refractivity contribution in [1.82, 2.24) is 5.32 Å². The quantitative estimate of drug-likeness (QED) is 0.798. The molecule has 1 aromatic rings. The van der Waals surface area contributed by atoms with Crippen LogP contribution in [0.1, 0.15) is 18.4 Å². The number of rotatable bonds is 5. The Balaban J connectivity index is 1.62. The predicted octanol–water partition coefficient (Wildman–Crippen LogP) is 2.65. The molecule has 0 aliphatic carbocycles. The molecule has 1 fully saturated rings. The summed E-state index contributed by atoms with van der Waals surface area (Å²) in [5.74, 6) is 0. The number of aryl methyl sites for hydroxylation is 1. The maximum Gasteiger partial charge on any atom is 0.0620 e. The highest BCUT2D eigenvalue weighted by atomic mass is 35.5. The third-order valence-corrected chi connectivity index (χ3v) is 3.17. The van der Waals surface area contributed by atoms with Gasteiger partial charge in [-0.2, -0.15) is 0 Å². The maximum absolute atomic E-state index is 5.83. The average molecular weight is 240 g/mol. The highest BCUT2D eigenvalue weighted by molar-refractivity contribution is 6.30. The fraction of sp³-hybridized carbons (Fsp3) is 0.538. The van der Waals surface area contributed by atoms with Gasteiger partial charge < -0.3 is 10.1 Å². The molecule has 3 heteroatoms. The Morgan fingerprint density at radius 3 is 2.81 bits per heavy atom. The summed E-state index contributed by atoms with van der Waals surface area (Å²) < 4.78 is 5.31. The van der Waals surface area contributed by atoms with Crippen molar-refractivity contribution < 1.29 is 4.74 Å². The first-order valence-corrected chi connectivity index (χ1v) is 6.28. The lowest BCUT2D eigenvalue weighted by atomic mass is 10.1. The second-order valence-electron chi connectivity index (χ2n) is 4.24. The van der Waals surface area contributed by atoms with Gasteiger partial charge in [-0.1, -0.05) is 23.7 Å². The molecule has 1 aliphatic heterocycles. The first-order chi connectivity index (χ1) is 7.84. The largest absolute Gasteiger partial charge is 0.380 e. The second kappa shape index (κ2) is 6.24. The van der Waals surface area contributed by atoms with Crippen LogP contribution in [0.4, 0.5) is 0 Å². The summed E-state index contributed by atoms with van der Waals surface area (Å²) in [7, 11) is 0. The van der Waals surface area contributed by atoms with Gasteiger partial charge in [-0.25, -0.2) is 0 Å². The van der Waals surface area contributed by atoms with E-state index in [4.69, 9.17) is 16.3 Å². The molecule has 1 saturated heterocycles. The zero-order chi connectivity index (χ0) is 11.2. The fourth-order valence-corrected chi connectivity index (χ4v) is 2.07. The van der Waals surface area contributed by atoms with Crippen LogP contribution in [0.5, 0.6) is 0 Å². The monoisotopic (exact) mass is 239 g/mol. The smallest absolute Gasteiger partial charge is 0.0620 e. The van der Waals surface area contributed by atoms with Crippen molar-refractivity contribution in [3.8, 4) is 0 Å². The van der Waals surface area contributed by atoms with Gasteiger partial charge in [0.25, 0.3) is 0 Å². The van der Waals surface area contributed by atoms with E-state index < -0.39 is 0 Å². The van der Waals surface area contributed by atoms with Crippen LogP contribution in [0.3, 0.4) is 0 Å². The molecule has 1 aliphatic rings. The predicted molar refractivity (Wildman–Crippen MR) is 67.0 cm³/mol. The second-order valence-corrected chi connectivity index (χ2v) is 4.68. The molecule has 1 unspecified atom stereocenters. The average Bonchev–Trinajstić information content (AvgIpc) is 2.80. The van der Waals surface area contributed by atoms with E-state index in [2.05, 4.69) is 17.4 Å². The molecular formula is C13H18ClNO. The molecule has 0 radical (unpaired) electrons. The molecule has 1 aromatic carbocycles. The third-order valence-electron chi connectivity index (χ3n) is 2.92. The number of nitrogens with one attached hydrogen (secondary N) is 1. The highest BCUT2D eigenvalue weighted by Crippen LogP contribution is 2.11. The Morgan fingerprint density at radius 1 is 1.31 bits per heavy atom. The minimum atomic E-state index is 0.574. The van der Waals surface area contributed by atoms with Crippen molar-refractivity contribution in [1.29, 1.82) is 0 Å². The normalized spacial score (nSPS) is 20.2. The zero-order valence-corrected chi connectivity index (χ0v) is 10.2. The van der Waals surface area contributed by atoms with E-state index in [9.17, 15) is 0 Å². The molecule has 1 N–H and O–H groups in total. The lowest BCUT2D eigenvalue weighted by Gasteiger charge is -2.09. The molecule has 1 atom stereocenters. The Hall–Kier alpha value is -0.570. The first kappa shape index (κ1) is 11.9. The van der Waals surface area contributed by atoms with Gasteiger partial charge in [0.1, 0.15) is 0 Å². The topological polar surface area (TPSA) is 21.3 Å². The maximum atomic E-state index is 5.83. The van der Waals surface area contributed by atoms with Crippen LogP contribution in [-0.4, -0.2) is 25.8 Å². The van der Waals surface area contributed by atoms with Crippen LogP contribution in [-0.2, 0) is 11.2 Å². The summed E-state index contributed by atoms with van der Waals surface area (Å²) >= 11 is 5.83. The van der Waals surface area contributed by atoms with E-state index in [1.807, 2.05) is 12.1 Å². The van der Waals surface area contributed by atoms with E-state index in [0.717, 1.165) is 44.0 Å². The summed E-state index contributed by atoms with van der Waals surface area (Å²) in [6.45, 7) is 2.85. The molecule has 16 heavy (non-hydrogen) atoms. The van der Waals surface area contributed by atoms with Crippen LogP contribution in [0.25, 0.3) is 0 Å². The molecule has 88 valence electrons. The van der Waals surface area contributed by atoms with E-state index in [1.165, 1.54) is 5.56 Å². The molecule has 0 amide bonds. The molecule has 0 spiro atoms. The van der Waals surface area contributed by atoms with E-state index >= 15 is 0 Å². The van der Waals surface area contributed by atoms with Crippen molar-refractivity contribution in [3.63, 3.8) is 0 Å². The van der Waals surface area contributed by atoms with Gasteiger partial charge in [-0.05, 0) is 43.5 Å². The van der Waals surface area contributed by atoms with Crippen LogP contribution in [0, 0.1) is 0 Å². The van der Waals surface area contributed by atoms with E-state index in [1.54, 1.807) is 0 Å². The zero-order valence-electron chi connectivity index (χ0n) is 9.42. The van der Waals surface area contributed by atoms with Crippen molar-refractivity contribution in [2.45, 2.75) is 25.3 Å². The third kappa shape index (κ3) is 3.78. The minimum absolute atomic E-state index is 0.574. The van der Waals surface area contributed by atoms with Crippen molar-refractivity contribution in [3.05, 3.63) is 34.9 Å². The number of hydrogen-bond acceptors (Lipinski definition) is 2. The summed E-state index contributed by atoms with van der Waals surface area (Å²) in [6.07, 6.45) is 3.43. The minimum Gasteiger partial charge on any atom is -0.380 e. The Labute approximate surface area is 102 Å². The van der Waals surface area contributed by atoms with Crippen LogP contribution >= 0.6 is 11.6 Å². The van der Waals surface area contributed by atoms with Gasteiger partial charge in [0, 0.05) is 17.7 Å². The Bertz CT molecular complexity index is 306. The van der Waals surface area contributed by atoms with Crippen molar-refractivity contribution in [2.24, 2.45) is 0 Å².